The van der Waals surface area contributed by atoms with Gasteiger partial charge in [-0.3, -0.25) is 0 Å². The van der Waals surface area contributed by atoms with Gasteiger partial charge in [-0.05, 0) is 25.8 Å². The van der Waals surface area contributed by atoms with Crippen molar-refractivity contribution in [2.24, 2.45) is 0 Å². The number of nitrogens with zero attached hydrogens (tertiary/aromatic N) is 1. The first kappa shape index (κ1) is 10.6. The average Bonchev–Trinajstić information content (AvgIpc) is 2.66. The maximum absolute atomic E-state index is 5.46. The van der Waals surface area contributed by atoms with E-state index >= 15 is 0 Å². The van der Waals surface area contributed by atoms with Gasteiger partial charge < -0.3 is 10.1 Å². The lowest BCUT2D eigenvalue weighted by Crippen LogP contribution is -2.28. The molecule has 1 N–H and O–H groups in total. The van der Waals surface area contributed by atoms with Crippen molar-refractivity contribution in [2.45, 2.75) is 32.4 Å². The predicted octanol–water partition coefficient (Wildman–Crippen LogP) is 2.23. The molecule has 0 radical (unpaired) electrons. The van der Waals surface area contributed by atoms with Crippen LogP contribution in [0.25, 0.3) is 0 Å². The normalized spacial score (nSPS) is 20.2. The Kier molecular flexibility index (Phi) is 3.75. The highest BCUT2D eigenvalue weighted by molar-refractivity contribution is 7.09. The first-order chi connectivity index (χ1) is 7.34. The number of ether oxygens (including phenoxy) is 1. The second-order valence-corrected chi connectivity index (χ2v) is 4.66. The predicted molar refractivity (Wildman–Crippen MR) is 61.8 cm³/mol. The molecule has 0 saturated carbocycles. The van der Waals surface area contributed by atoms with E-state index in [1.165, 1.54) is 0 Å². The van der Waals surface area contributed by atoms with Crippen molar-refractivity contribution in [3.63, 3.8) is 0 Å². The van der Waals surface area contributed by atoms with Crippen molar-refractivity contribution in [1.29, 1.82) is 0 Å². The van der Waals surface area contributed by atoms with Gasteiger partial charge >= 0.3 is 0 Å². The summed E-state index contributed by atoms with van der Waals surface area (Å²) in [6.07, 6.45) is 6.45. The van der Waals surface area contributed by atoms with Gasteiger partial charge in [0.15, 0.2) is 0 Å². The Labute approximate surface area is 94.2 Å². The monoisotopic (exact) mass is 224 g/mol. The fraction of sp³-hybridized carbons (Fsp3) is 0.545. The van der Waals surface area contributed by atoms with E-state index in [1.54, 1.807) is 11.3 Å². The summed E-state index contributed by atoms with van der Waals surface area (Å²) in [6, 6.07) is 0. The van der Waals surface area contributed by atoms with Crippen LogP contribution < -0.4 is 5.32 Å². The molecule has 2 heterocycles. The molecule has 2 rings (SSSR count). The van der Waals surface area contributed by atoms with E-state index in [9.17, 15) is 0 Å². The Morgan fingerprint density at radius 1 is 1.67 bits per heavy atom. The quantitative estimate of drug-likeness (QED) is 0.851. The van der Waals surface area contributed by atoms with Crippen molar-refractivity contribution in [3.8, 4) is 0 Å². The number of hydrogen-bond donors (Lipinski definition) is 1. The zero-order valence-electron chi connectivity index (χ0n) is 8.90. The Hall–Kier alpha value is -0.870. The second kappa shape index (κ2) is 5.28. The molecule has 0 amide bonds. The summed E-state index contributed by atoms with van der Waals surface area (Å²) in [6.45, 7) is 3.78. The molecule has 0 spiro atoms. The van der Waals surface area contributed by atoms with Crippen molar-refractivity contribution < 1.29 is 4.74 Å². The van der Waals surface area contributed by atoms with Crippen LogP contribution in [0, 0.1) is 6.92 Å². The lowest BCUT2D eigenvalue weighted by atomic mass is 10.1. The van der Waals surface area contributed by atoms with E-state index in [2.05, 4.69) is 21.8 Å². The van der Waals surface area contributed by atoms with Crippen molar-refractivity contribution >= 4 is 11.3 Å². The molecule has 1 unspecified atom stereocenters. The van der Waals surface area contributed by atoms with Crippen LogP contribution in [0.3, 0.4) is 0 Å². The first-order valence-electron chi connectivity index (χ1n) is 5.27. The van der Waals surface area contributed by atoms with Gasteiger partial charge in [0.2, 0.25) is 0 Å². The highest BCUT2D eigenvalue weighted by atomic mass is 32.1. The molecule has 0 fully saturated rings. The topological polar surface area (TPSA) is 34.1 Å². The molecule has 0 bridgehead atoms. The zero-order chi connectivity index (χ0) is 10.5. The van der Waals surface area contributed by atoms with Gasteiger partial charge in [-0.15, -0.1) is 11.3 Å². The molecule has 82 valence electrons. The minimum absolute atomic E-state index is 0.330. The molecule has 4 heteroatoms. The molecule has 1 aromatic heterocycles. The van der Waals surface area contributed by atoms with Crippen LogP contribution in [0.4, 0.5) is 0 Å². The Morgan fingerprint density at radius 3 is 3.27 bits per heavy atom. The SMILES string of the molecule is Cc1csc(CNCC2CCC=CO2)n1. The summed E-state index contributed by atoms with van der Waals surface area (Å²) in [5, 5.41) is 6.61. The van der Waals surface area contributed by atoms with Crippen molar-refractivity contribution in [1.82, 2.24) is 10.3 Å². The average molecular weight is 224 g/mol. The number of allylic oxidation sites excluding steroid dienone is 1. The summed E-state index contributed by atoms with van der Waals surface area (Å²) in [7, 11) is 0. The van der Waals surface area contributed by atoms with Gasteiger partial charge in [0.25, 0.3) is 0 Å². The van der Waals surface area contributed by atoms with Gasteiger partial charge in [0.05, 0.1) is 6.26 Å². The zero-order valence-corrected chi connectivity index (χ0v) is 9.72. The maximum atomic E-state index is 5.46. The molecule has 15 heavy (non-hydrogen) atoms. The van der Waals surface area contributed by atoms with Gasteiger partial charge in [-0.2, -0.15) is 0 Å². The van der Waals surface area contributed by atoms with E-state index in [-0.39, 0.29) is 0 Å². The third-order valence-corrected chi connectivity index (χ3v) is 3.30. The van der Waals surface area contributed by atoms with Crippen molar-refractivity contribution in [3.05, 3.63) is 28.4 Å². The number of aryl methyl sites for hydroxylation is 1. The number of thiazole rings is 1. The maximum Gasteiger partial charge on any atom is 0.110 e. The van der Waals surface area contributed by atoms with E-state index < -0.39 is 0 Å². The van der Waals surface area contributed by atoms with Crippen LogP contribution in [0.2, 0.25) is 0 Å². The van der Waals surface area contributed by atoms with E-state index in [4.69, 9.17) is 4.74 Å². The second-order valence-electron chi connectivity index (χ2n) is 3.72. The lowest BCUT2D eigenvalue weighted by molar-refractivity contribution is 0.122. The highest BCUT2D eigenvalue weighted by Crippen LogP contribution is 2.10. The van der Waals surface area contributed by atoms with Gasteiger partial charge in [0, 0.05) is 24.2 Å². The minimum Gasteiger partial charge on any atom is -0.497 e. The fourth-order valence-electron chi connectivity index (χ4n) is 1.56. The van der Waals surface area contributed by atoms with Crippen LogP contribution in [0.15, 0.2) is 17.7 Å². The Bertz CT molecular complexity index is 335. The number of hydrogen-bond acceptors (Lipinski definition) is 4. The third kappa shape index (κ3) is 3.32. The van der Waals surface area contributed by atoms with E-state index in [0.717, 1.165) is 36.6 Å². The minimum atomic E-state index is 0.330. The van der Waals surface area contributed by atoms with Gasteiger partial charge in [-0.25, -0.2) is 4.98 Å². The highest BCUT2D eigenvalue weighted by Gasteiger charge is 2.10. The summed E-state index contributed by atoms with van der Waals surface area (Å²) in [5.74, 6) is 0. The van der Waals surface area contributed by atoms with E-state index in [1.807, 2.05) is 13.2 Å². The molecule has 0 aromatic carbocycles. The lowest BCUT2D eigenvalue weighted by Gasteiger charge is -2.19. The fourth-order valence-corrected chi connectivity index (χ4v) is 2.30. The van der Waals surface area contributed by atoms with Crippen LogP contribution in [0.5, 0.6) is 0 Å². The molecule has 3 nitrogen and oxygen atoms in total. The van der Waals surface area contributed by atoms with Crippen LogP contribution in [-0.4, -0.2) is 17.6 Å². The third-order valence-electron chi connectivity index (χ3n) is 2.34. The number of aromatic nitrogens is 1. The Morgan fingerprint density at radius 2 is 2.60 bits per heavy atom. The molecule has 1 aromatic rings. The largest absolute Gasteiger partial charge is 0.497 e. The molecule has 0 aliphatic carbocycles. The van der Waals surface area contributed by atoms with Crippen LogP contribution >= 0.6 is 11.3 Å². The number of nitrogens with one attached hydrogen (secondary N) is 1. The van der Waals surface area contributed by atoms with Gasteiger partial charge in [-0.1, -0.05) is 0 Å². The molecule has 0 saturated heterocycles. The molecule has 1 aliphatic heterocycles. The first-order valence-corrected chi connectivity index (χ1v) is 6.15. The van der Waals surface area contributed by atoms with Gasteiger partial charge in [0.1, 0.15) is 11.1 Å². The van der Waals surface area contributed by atoms with Crippen LogP contribution in [-0.2, 0) is 11.3 Å². The molecular formula is C11H16N2OS. The molecular weight excluding hydrogens is 208 g/mol. The summed E-state index contributed by atoms with van der Waals surface area (Å²) in [5.41, 5.74) is 1.11. The van der Waals surface area contributed by atoms with Crippen molar-refractivity contribution in [2.75, 3.05) is 6.54 Å². The summed E-state index contributed by atoms with van der Waals surface area (Å²) >= 11 is 1.71. The smallest absolute Gasteiger partial charge is 0.110 e. The molecule has 1 atom stereocenters. The Balaban J connectivity index is 1.68. The number of rotatable bonds is 4. The summed E-state index contributed by atoms with van der Waals surface area (Å²) < 4.78 is 5.46. The van der Waals surface area contributed by atoms with Crippen LogP contribution in [0.1, 0.15) is 23.5 Å². The standard InChI is InChI=1S/C11H16N2OS/c1-9-8-15-11(13-9)7-12-6-10-4-2-3-5-14-10/h3,5,8,10,12H,2,4,6-7H2,1H3. The molecule has 1 aliphatic rings. The van der Waals surface area contributed by atoms with E-state index in [0.29, 0.717) is 6.10 Å². The summed E-state index contributed by atoms with van der Waals surface area (Å²) in [4.78, 5) is 4.39.